The van der Waals surface area contributed by atoms with Crippen LogP contribution < -0.4 is 0 Å². The molecule has 0 bridgehead atoms. The van der Waals surface area contributed by atoms with E-state index in [9.17, 15) is 9.90 Å². The molecule has 1 aromatic carbocycles. The van der Waals surface area contributed by atoms with Crippen LogP contribution in [0.1, 0.15) is 12.0 Å². The number of aryl methyl sites for hydroxylation is 1. The number of benzene rings is 1. The Labute approximate surface area is 88.1 Å². The number of aliphatic hydroxyl groups is 1. The van der Waals surface area contributed by atoms with Crippen LogP contribution in [0.15, 0.2) is 24.3 Å². The largest absolute Gasteiger partial charge is 0.508 e. The highest BCUT2D eigenvalue weighted by atomic mass is 16.5. The van der Waals surface area contributed by atoms with Crippen LogP contribution in [0.25, 0.3) is 0 Å². The van der Waals surface area contributed by atoms with Crippen LogP contribution in [-0.4, -0.2) is 29.4 Å². The Hall–Kier alpha value is -1.55. The van der Waals surface area contributed by atoms with Gasteiger partial charge in [-0.15, -0.1) is 0 Å². The lowest BCUT2D eigenvalue weighted by molar-refractivity contribution is -0.150. The third-order valence-corrected chi connectivity index (χ3v) is 2.12. The Morgan fingerprint density at radius 1 is 1.40 bits per heavy atom. The van der Waals surface area contributed by atoms with Gasteiger partial charge in [0.05, 0.1) is 7.11 Å². The van der Waals surface area contributed by atoms with E-state index in [1.54, 1.807) is 24.3 Å². The van der Waals surface area contributed by atoms with Gasteiger partial charge >= 0.3 is 5.97 Å². The summed E-state index contributed by atoms with van der Waals surface area (Å²) >= 11 is 0. The molecule has 4 nitrogen and oxygen atoms in total. The van der Waals surface area contributed by atoms with Crippen molar-refractivity contribution in [1.82, 2.24) is 0 Å². The van der Waals surface area contributed by atoms with E-state index in [0.717, 1.165) is 5.56 Å². The topological polar surface area (TPSA) is 66.8 Å². The minimum Gasteiger partial charge on any atom is -0.508 e. The van der Waals surface area contributed by atoms with Gasteiger partial charge in [0.25, 0.3) is 0 Å². The first-order valence-electron chi connectivity index (χ1n) is 4.67. The van der Waals surface area contributed by atoms with Gasteiger partial charge in [0.15, 0.2) is 6.10 Å². The highest BCUT2D eigenvalue weighted by Crippen LogP contribution is 2.12. The van der Waals surface area contributed by atoms with Crippen LogP contribution in [0.3, 0.4) is 0 Å². The number of hydrogen-bond donors (Lipinski definition) is 2. The van der Waals surface area contributed by atoms with Gasteiger partial charge in [-0.2, -0.15) is 0 Å². The maximum Gasteiger partial charge on any atom is 0.334 e. The molecule has 0 aliphatic rings. The molecule has 0 spiro atoms. The van der Waals surface area contributed by atoms with Crippen molar-refractivity contribution in [1.29, 1.82) is 0 Å². The van der Waals surface area contributed by atoms with E-state index in [2.05, 4.69) is 4.74 Å². The van der Waals surface area contributed by atoms with Gasteiger partial charge in [-0.3, -0.25) is 0 Å². The summed E-state index contributed by atoms with van der Waals surface area (Å²) < 4.78 is 4.39. The molecule has 4 heteroatoms. The third-order valence-electron chi connectivity index (χ3n) is 2.12. The molecule has 0 aromatic heterocycles. The summed E-state index contributed by atoms with van der Waals surface area (Å²) in [6.45, 7) is 0. The number of esters is 1. The molecule has 0 fully saturated rings. The summed E-state index contributed by atoms with van der Waals surface area (Å²) in [4.78, 5) is 10.9. The molecule has 0 aliphatic heterocycles. The van der Waals surface area contributed by atoms with E-state index >= 15 is 0 Å². The predicted molar refractivity (Wildman–Crippen MR) is 54.5 cm³/mol. The number of carbonyl (C=O) groups is 1. The molecule has 0 saturated carbocycles. The van der Waals surface area contributed by atoms with Gasteiger partial charge in [-0.1, -0.05) is 12.1 Å². The van der Waals surface area contributed by atoms with Gasteiger partial charge in [0.1, 0.15) is 5.75 Å². The molecule has 15 heavy (non-hydrogen) atoms. The maximum absolute atomic E-state index is 10.9. The first-order valence-corrected chi connectivity index (χ1v) is 4.67. The van der Waals surface area contributed by atoms with Crippen molar-refractivity contribution in [2.45, 2.75) is 18.9 Å². The lowest BCUT2D eigenvalue weighted by Gasteiger charge is -2.07. The van der Waals surface area contributed by atoms with Gasteiger partial charge < -0.3 is 14.9 Å². The fourth-order valence-corrected chi connectivity index (χ4v) is 1.22. The summed E-state index contributed by atoms with van der Waals surface area (Å²) in [5.74, 6) is -0.416. The van der Waals surface area contributed by atoms with Gasteiger partial charge in [-0.25, -0.2) is 4.79 Å². The van der Waals surface area contributed by atoms with E-state index in [1.807, 2.05) is 0 Å². The van der Waals surface area contributed by atoms with Crippen molar-refractivity contribution in [3.63, 3.8) is 0 Å². The number of phenols is 1. The number of ether oxygens (including phenoxy) is 1. The lowest BCUT2D eigenvalue weighted by atomic mass is 10.1. The Balaban J connectivity index is 2.43. The molecular formula is C11H14O4. The summed E-state index contributed by atoms with van der Waals surface area (Å²) in [7, 11) is 1.24. The fraction of sp³-hybridized carbons (Fsp3) is 0.364. The van der Waals surface area contributed by atoms with Crippen molar-refractivity contribution >= 4 is 5.97 Å². The number of hydrogen-bond acceptors (Lipinski definition) is 4. The highest BCUT2D eigenvalue weighted by molar-refractivity contribution is 5.74. The number of phenolic OH excluding ortho intramolecular Hbond substituents is 1. The molecule has 0 saturated heterocycles. The second-order valence-electron chi connectivity index (χ2n) is 3.24. The van der Waals surface area contributed by atoms with Gasteiger partial charge in [0.2, 0.25) is 0 Å². The van der Waals surface area contributed by atoms with Crippen molar-refractivity contribution in [3.05, 3.63) is 29.8 Å². The lowest BCUT2D eigenvalue weighted by Crippen LogP contribution is -2.22. The number of aromatic hydroxyl groups is 1. The minimum absolute atomic E-state index is 0.201. The number of methoxy groups -OCH3 is 1. The Kier molecular flexibility index (Phi) is 4.12. The van der Waals surface area contributed by atoms with Crippen molar-refractivity contribution in [2.24, 2.45) is 0 Å². The molecule has 1 unspecified atom stereocenters. The SMILES string of the molecule is COC(=O)C(O)CCc1ccc(O)cc1. The average Bonchev–Trinajstić information content (AvgIpc) is 2.26. The monoisotopic (exact) mass is 210 g/mol. The molecular weight excluding hydrogens is 196 g/mol. The summed E-state index contributed by atoms with van der Waals surface area (Å²) in [5.41, 5.74) is 0.954. The molecule has 0 heterocycles. The molecule has 2 N–H and O–H groups in total. The second-order valence-corrected chi connectivity index (χ2v) is 3.24. The average molecular weight is 210 g/mol. The Morgan fingerprint density at radius 3 is 2.53 bits per heavy atom. The zero-order valence-corrected chi connectivity index (χ0v) is 8.51. The third kappa shape index (κ3) is 3.59. The zero-order valence-electron chi connectivity index (χ0n) is 8.51. The normalized spacial score (nSPS) is 12.1. The summed E-state index contributed by atoms with van der Waals surface area (Å²) in [6.07, 6.45) is -0.197. The molecule has 0 amide bonds. The van der Waals surface area contributed by atoms with Crippen LogP contribution in [-0.2, 0) is 16.0 Å². The van der Waals surface area contributed by atoms with Gasteiger partial charge in [-0.05, 0) is 30.5 Å². The molecule has 1 aromatic rings. The minimum atomic E-state index is -1.08. The van der Waals surface area contributed by atoms with Crippen LogP contribution in [0.4, 0.5) is 0 Å². The van der Waals surface area contributed by atoms with E-state index < -0.39 is 12.1 Å². The zero-order chi connectivity index (χ0) is 11.3. The van der Waals surface area contributed by atoms with Crippen molar-refractivity contribution in [3.8, 4) is 5.75 Å². The van der Waals surface area contributed by atoms with E-state index in [1.165, 1.54) is 7.11 Å². The van der Waals surface area contributed by atoms with Crippen LogP contribution in [0.5, 0.6) is 5.75 Å². The molecule has 82 valence electrons. The molecule has 0 radical (unpaired) electrons. The fourth-order valence-electron chi connectivity index (χ4n) is 1.22. The number of carbonyl (C=O) groups excluding carboxylic acids is 1. The smallest absolute Gasteiger partial charge is 0.334 e. The van der Waals surface area contributed by atoms with E-state index in [0.29, 0.717) is 12.8 Å². The standard InChI is InChI=1S/C11H14O4/c1-15-11(14)10(13)7-4-8-2-5-9(12)6-3-8/h2-3,5-6,10,12-13H,4,7H2,1H3. The second kappa shape index (κ2) is 5.36. The van der Waals surface area contributed by atoms with E-state index in [4.69, 9.17) is 5.11 Å². The first-order chi connectivity index (χ1) is 7.13. The maximum atomic E-state index is 10.9. The number of aliphatic hydroxyl groups excluding tert-OH is 1. The molecule has 0 aliphatic carbocycles. The Morgan fingerprint density at radius 2 is 2.00 bits per heavy atom. The predicted octanol–water partition coefficient (Wildman–Crippen LogP) is 0.859. The molecule has 1 rings (SSSR count). The van der Waals surface area contributed by atoms with Crippen LogP contribution in [0, 0.1) is 0 Å². The van der Waals surface area contributed by atoms with Crippen molar-refractivity contribution in [2.75, 3.05) is 7.11 Å². The van der Waals surface area contributed by atoms with Gasteiger partial charge in [0, 0.05) is 0 Å². The highest BCUT2D eigenvalue weighted by Gasteiger charge is 2.14. The first kappa shape index (κ1) is 11.5. The quantitative estimate of drug-likeness (QED) is 0.723. The van der Waals surface area contributed by atoms with Crippen molar-refractivity contribution < 1.29 is 19.7 Å². The van der Waals surface area contributed by atoms with Crippen LogP contribution >= 0.6 is 0 Å². The Bertz CT molecular complexity index is 318. The van der Waals surface area contributed by atoms with Crippen LogP contribution in [0.2, 0.25) is 0 Å². The number of rotatable bonds is 4. The summed E-state index contributed by atoms with van der Waals surface area (Å²) in [6, 6.07) is 6.64. The summed E-state index contributed by atoms with van der Waals surface area (Å²) in [5, 5.41) is 18.3. The van der Waals surface area contributed by atoms with E-state index in [-0.39, 0.29) is 5.75 Å². The molecule has 1 atom stereocenters.